The summed E-state index contributed by atoms with van der Waals surface area (Å²) in [5, 5.41) is 13.3. The number of hydrogen-bond donors (Lipinski definition) is 3. The minimum Gasteiger partial charge on any atom is -0.444 e. The number of amides is 2. The van der Waals surface area contributed by atoms with E-state index < -0.39 is 11.7 Å². The molecule has 0 radical (unpaired) electrons. The van der Waals surface area contributed by atoms with Gasteiger partial charge in [-0.3, -0.25) is 15.2 Å². The molecule has 0 bridgehead atoms. The Bertz CT molecular complexity index is 1000. The van der Waals surface area contributed by atoms with E-state index >= 15 is 0 Å². The van der Waals surface area contributed by atoms with Gasteiger partial charge in [0, 0.05) is 16.8 Å². The molecule has 2 aromatic heterocycles. The zero-order valence-corrected chi connectivity index (χ0v) is 16.3. The van der Waals surface area contributed by atoms with Crippen LogP contribution in [0.4, 0.5) is 16.2 Å². The van der Waals surface area contributed by atoms with Gasteiger partial charge in [0.1, 0.15) is 5.60 Å². The second kappa shape index (κ2) is 7.67. The summed E-state index contributed by atoms with van der Waals surface area (Å²) in [5.41, 5.74) is 2.99. The molecule has 3 N–H and O–H groups in total. The summed E-state index contributed by atoms with van der Waals surface area (Å²) in [5.74, 6) is -0.157. The lowest BCUT2D eigenvalue weighted by molar-refractivity contribution is -0.115. The van der Waals surface area contributed by atoms with Crippen molar-refractivity contribution in [2.24, 2.45) is 0 Å². The molecular formula is C20H23N5O3. The summed E-state index contributed by atoms with van der Waals surface area (Å²) in [6.45, 7) is 7.30. The molecule has 0 aliphatic carbocycles. The SMILES string of the molecule is Cc1[nH]nc2ncc(NC(=O)Cc3ccc(NC(=O)OC(C)(C)C)cc3)cc12. The Labute approximate surface area is 162 Å². The second-order valence-corrected chi connectivity index (χ2v) is 7.49. The Balaban J connectivity index is 1.57. The van der Waals surface area contributed by atoms with Crippen molar-refractivity contribution in [3.8, 4) is 0 Å². The number of carbonyl (C=O) groups excluding carboxylic acids is 2. The molecule has 0 spiro atoms. The first kappa shape index (κ1) is 19.3. The molecule has 3 aromatic rings. The number of benzene rings is 1. The normalized spacial score (nSPS) is 11.3. The van der Waals surface area contributed by atoms with Crippen molar-refractivity contribution >= 4 is 34.4 Å². The van der Waals surface area contributed by atoms with Crippen molar-refractivity contribution in [1.82, 2.24) is 15.2 Å². The zero-order valence-electron chi connectivity index (χ0n) is 16.3. The fourth-order valence-electron chi connectivity index (χ4n) is 2.61. The molecule has 8 nitrogen and oxygen atoms in total. The number of nitrogens with zero attached hydrogens (tertiary/aromatic N) is 2. The second-order valence-electron chi connectivity index (χ2n) is 7.49. The lowest BCUT2D eigenvalue weighted by Crippen LogP contribution is -2.27. The van der Waals surface area contributed by atoms with Crippen LogP contribution in [0.3, 0.4) is 0 Å². The fourth-order valence-corrected chi connectivity index (χ4v) is 2.61. The zero-order chi connectivity index (χ0) is 20.3. The molecule has 0 aliphatic rings. The highest BCUT2D eigenvalue weighted by Crippen LogP contribution is 2.18. The van der Waals surface area contributed by atoms with Gasteiger partial charge in [-0.25, -0.2) is 9.78 Å². The topological polar surface area (TPSA) is 109 Å². The number of H-pyrrole nitrogens is 1. The van der Waals surface area contributed by atoms with Crippen LogP contribution in [-0.2, 0) is 16.0 Å². The average Bonchev–Trinajstić information content (AvgIpc) is 2.96. The van der Waals surface area contributed by atoms with Crippen LogP contribution in [-0.4, -0.2) is 32.8 Å². The lowest BCUT2D eigenvalue weighted by atomic mass is 10.1. The van der Waals surface area contributed by atoms with Crippen molar-refractivity contribution in [1.29, 1.82) is 0 Å². The molecule has 0 saturated heterocycles. The number of ether oxygens (including phenoxy) is 1. The van der Waals surface area contributed by atoms with Crippen molar-refractivity contribution in [3.05, 3.63) is 47.8 Å². The number of aromatic amines is 1. The van der Waals surface area contributed by atoms with E-state index in [1.165, 1.54) is 0 Å². The van der Waals surface area contributed by atoms with Gasteiger partial charge < -0.3 is 10.1 Å². The highest BCUT2D eigenvalue weighted by molar-refractivity contribution is 5.94. The molecule has 1 aromatic carbocycles. The number of carbonyl (C=O) groups is 2. The molecule has 2 heterocycles. The Morgan fingerprint density at radius 1 is 1.11 bits per heavy atom. The first-order valence-electron chi connectivity index (χ1n) is 8.89. The summed E-state index contributed by atoms with van der Waals surface area (Å²) < 4.78 is 5.21. The molecule has 8 heteroatoms. The molecule has 0 aliphatic heterocycles. The van der Waals surface area contributed by atoms with Gasteiger partial charge in [-0.1, -0.05) is 12.1 Å². The van der Waals surface area contributed by atoms with Gasteiger partial charge in [-0.2, -0.15) is 5.10 Å². The molecule has 0 saturated carbocycles. The number of pyridine rings is 1. The number of aromatic nitrogens is 3. The van der Waals surface area contributed by atoms with Gasteiger partial charge in [0.25, 0.3) is 0 Å². The Morgan fingerprint density at radius 3 is 2.50 bits per heavy atom. The largest absolute Gasteiger partial charge is 0.444 e. The van der Waals surface area contributed by atoms with Crippen molar-refractivity contribution in [2.75, 3.05) is 10.6 Å². The third-order valence-corrected chi connectivity index (χ3v) is 3.85. The summed E-state index contributed by atoms with van der Waals surface area (Å²) in [7, 11) is 0. The van der Waals surface area contributed by atoms with Gasteiger partial charge in [-0.05, 0) is 51.5 Å². The van der Waals surface area contributed by atoms with Gasteiger partial charge in [0.05, 0.1) is 18.3 Å². The van der Waals surface area contributed by atoms with E-state index in [0.717, 1.165) is 16.6 Å². The van der Waals surface area contributed by atoms with Crippen molar-refractivity contribution < 1.29 is 14.3 Å². The third-order valence-electron chi connectivity index (χ3n) is 3.85. The standard InChI is InChI=1S/C20H23N5O3/c1-12-16-10-15(11-21-18(16)25-24-12)22-17(26)9-13-5-7-14(8-6-13)23-19(27)28-20(2,3)4/h5-8,10-11H,9H2,1-4H3,(H,22,26)(H,23,27)(H,21,24,25). The van der Waals surface area contributed by atoms with Crippen LogP contribution in [0.15, 0.2) is 36.5 Å². The van der Waals surface area contributed by atoms with Gasteiger partial charge >= 0.3 is 6.09 Å². The lowest BCUT2D eigenvalue weighted by Gasteiger charge is -2.19. The predicted molar refractivity (Wildman–Crippen MR) is 107 cm³/mol. The maximum absolute atomic E-state index is 12.3. The molecule has 3 rings (SSSR count). The van der Waals surface area contributed by atoms with Gasteiger partial charge in [-0.15, -0.1) is 0 Å². The third kappa shape index (κ3) is 5.06. The van der Waals surface area contributed by atoms with Gasteiger partial charge in [0.15, 0.2) is 5.65 Å². The Morgan fingerprint density at radius 2 is 1.82 bits per heavy atom. The molecule has 2 amide bonds. The van der Waals surface area contributed by atoms with Gasteiger partial charge in [0.2, 0.25) is 5.91 Å². The van der Waals surface area contributed by atoms with Crippen LogP contribution in [0.5, 0.6) is 0 Å². The minimum absolute atomic E-state index is 0.157. The number of fused-ring (bicyclic) bond motifs is 1. The predicted octanol–water partition coefficient (Wildman–Crippen LogP) is 3.79. The summed E-state index contributed by atoms with van der Waals surface area (Å²) in [4.78, 5) is 28.3. The summed E-state index contributed by atoms with van der Waals surface area (Å²) in [6.07, 6.45) is 1.26. The smallest absolute Gasteiger partial charge is 0.412 e. The van der Waals surface area contributed by atoms with E-state index in [2.05, 4.69) is 25.8 Å². The Kier molecular flexibility index (Phi) is 5.30. The first-order valence-corrected chi connectivity index (χ1v) is 8.89. The summed E-state index contributed by atoms with van der Waals surface area (Å²) in [6, 6.07) is 8.87. The highest BCUT2D eigenvalue weighted by atomic mass is 16.6. The van der Waals surface area contributed by atoms with Crippen LogP contribution in [0.25, 0.3) is 11.0 Å². The number of aryl methyl sites for hydroxylation is 1. The van der Waals surface area contributed by atoms with Crippen LogP contribution < -0.4 is 10.6 Å². The highest BCUT2D eigenvalue weighted by Gasteiger charge is 2.16. The fraction of sp³-hybridized carbons (Fsp3) is 0.300. The number of anilines is 2. The monoisotopic (exact) mass is 381 g/mol. The molecule has 0 atom stereocenters. The Hall–Kier alpha value is -3.42. The molecule has 28 heavy (non-hydrogen) atoms. The van der Waals surface area contributed by atoms with Crippen LogP contribution in [0, 0.1) is 6.92 Å². The maximum atomic E-state index is 12.3. The molecule has 0 fully saturated rings. The van der Waals surface area contributed by atoms with Crippen molar-refractivity contribution in [3.63, 3.8) is 0 Å². The van der Waals surface area contributed by atoms with E-state index in [1.54, 1.807) is 51.2 Å². The number of nitrogens with one attached hydrogen (secondary N) is 3. The maximum Gasteiger partial charge on any atom is 0.412 e. The average molecular weight is 381 g/mol. The number of rotatable bonds is 4. The van der Waals surface area contributed by atoms with Crippen LogP contribution in [0.2, 0.25) is 0 Å². The van der Waals surface area contributed by atoms with E-state index in [4.69, 9.17) is 4.74 Å². The van der Waals surface area contributed by atoms with E-state index in [9.17, 15) is 9.59 Å². The van der Waals surface area contributed by atoms with Crippen molar-refractivity contribution in [2.45, 2.75) is 39.7 Å². The van der Waals surface area contributed by atoms with Crippen LogP contribution >= 0.6 is 0 Å². The number of hydrogen-bond acceptors (Lipinski definition) is 5. The molecule has 0 unspecified atom stereocenters. The molecule has 146 valence electrons. The first-order chi connectivity index (χ1) is 13.2. The summed E-state index contributed by atoms with van der Waals surface area (Å²) >= 11 is 0. The van der Waals surface area contributed by atoms with Crippen LogP contribution in [0.1, 0.15) is 32.0 Å². The minimum atomic E-state index is -0.561. The quantitative estimate of drug-likeness (QED) is 0.637. The molecular weight excluding hydrogens is 358 g/mol. The van der Waals surface area contributed by atoms with E-state index in [0.29, 0.717) is 17.0 Å². The van der Waals surface area contributed by atoms with E-state index in [-0.39, 0.29) is 12.3 Å². The van der Waals surface area contributed by atoms with E-state index in [1.807, 2.05) is 13.0 Å².